The van der Waals surface area contributed by atoms with E-state index in [2.05, 4.69) is 43.1 Å². The van der Waals surface area contributed by atoms with Gasteiger partial charge < -0.3 is 15.1 Å². The number of para-hydroxylation sites is 1. The predicted molar refractivity (Wildman–Crippen MR) is 109 cm³/mol. The number of benzene rings is 1. The zero-order valence-corrected chi connectivity index (χ0v) is 16.7. The average molecular weight is 432 g/mol. The van der Waals surface area contributed by atoms with Crippen molar-refractivity contribution in [3.63, 3.8) is 0 Å². The number of nitrogens with one attached hydrogen (secondary N) is 1. The van der Waals surface area contributed by atoms with E-state index in [9.17, 15) is 4.79 Å². The normalized spacial score (nSPS) is 15.4. The van der Waals surface area contributed by atoms with Crippen molar-refractivity contribution in [1.82, 2.24) is 14.9 Å². The number of anilines is 2. The van der Waals surface area contributed by atoms with Gasteiger partial charge in [0, 0.05) is 36.0 Å². The van der Waals surface area contributed by atoms with Crippen LogP contribution >= 0.6 is 27.3 Å². The van der Waals surface area contributed by atoms with Crippen LogP contribution in [0, 0.1) is 0 Å². The van der Waals surface area contributed by atoms with E-state index in [1.54, 1.807) is 6.20 Å². The molecule has 1 aliphatic heterocycles. The van der Waals surface area contributed by atoms with E-state index in [-0.39, 0.29) is 5.91 Å². The van der Waals surface area contributed by atoms with Gasteiger partial charge in [0.1, 0.15) is 16.2 Å². The number of amides is 1. The lowest BCUT2D eigenvalue weighted by Crippen LogP contribution is -2.44. The van der Waals surface area contributed by atoms with Crippen LogP contribution in [0.15, 0.2) is 40.3 Å². The Balaban J connectivity index is 1.62. The number of halogens is 1. The topological polar surface area (TPSA) is 61.4 Å². The molecule has 0 bridgehead atoms. The fraction of sp³-hybridized carbons (Fsp3) is 0.278. The number of likely N-dealkylation sites (N-methyl/N-ethyl adjacent to an activating group) is 1. The zero-order valence-electron chi connectivity index (χ0n) is 14.3. The minimum absolute atomic E-state index is 0.173. The standard InChI is InChI=1S/C18H18BrN5OS/c1-23-6-8-24(9-7-23)15-10-20-18-16(22-15)12(11-26-18)17(25)21-14-5-3-2-4-13(14)19/h2-5,10-11H,6-9H2,1H3,(H,21,25). The molecule has 0 aliphatic carbocycles. The first kappa shape index (κ1) is 17.4. The number of thiophene rings is 1. The molecule has 0 unspecified atom stereocenters. The highest BCUT2D eigenvalue weighted by molar-refractivity contribution is 9.10. The fourth-order valence-electron chi connectivity index (χ4n) is 2.90. The molecule has 0 atom stereocenters. The van der Waals surface area contributed by atoms with E-state index >= 15 is 0 Å². The molecule has 8 heteroatoms. The lowest BCUT2D eigenvalue weighted by Gasteiger charge is -2.32. The average Bonchev–Trinajstić information content (AvgIpc) is 3.07. The lowest BCUT2D eigenvalue weighted by atomic mass is 10.2. The van der Waals surface area contributed by atoms with Crippen LogP contribution in [0.1, 0.15) is 10.4 Å². The molecule has 1 aliphatic rings. The largest absolute Gasteiger partial charge is 0.353 e. The number of nitrogens with zero attached hydrogens (tertiary/aromatic N) is 4. The number of hydrogen-bond donors (Lipinski definition) is 1. The van der Waals surface area contributed by atoms with Crippen LogP contribution in [-0.4, -0.2) is 54.0 Å². The van der Waals surface area contributed by atoms with E-state index in [4.69, 9.17) is 4.98 Å². The van der Waals surface area contributed by atoms with Crippen LogP contribution in [0.3, 0.4) is 0 Å². The maximum Gasteiger partial charge on any atom is 0.258 e. The van der Waals surface area contributed by atoms with E-state index in [1.165, 1.54) is 11.3 Å². The predicted octanol–water partition coefficient (Wildman–Crippen LogP) is 3.46. The molecule has 134 valence electrons. The fourth-order valence-corrected chi connectivity index (χ4v) is 4.12. The second kappa shape index (κ2) is 7.30. The lowest BCUT2D eigenvalue weighted by molar-refractivity contribution is 0.102. The Bertz CT molecular complexity index is 952. The molecule has 0 spiro atoms. The van der Waals surface area contributed by atoms with E-state index in [0.29, 0.717) is 11.1 Å². The van der Waals surface area contributed by atoms with Crippen LogP contribution in [0.25, 0.3) is 10.3 Å². The molecule has 2 aromatic heterocycles. The molecule has 6 nitrogen and oxygen atoms in total. The first-order valence-electron chi connectivity index (χ1n) is 8.35. The minimum Gasteiger partial charge on any atom is -0.353 e. The van der Waals surface area contributed by atoms with Gasteiger partial charge in [0.2, 0.25) is 0 Å². The molecule has 1 saturated heterocycles. The quantitative estimate of drug-likeness (QED) is 0.687. The monoisotopic (exact) mass is 431 g/mol. The Labute approximate surface area is 164 Å². The van der Waals surface area contributed by atoms with E-state index < -0.39 is 0 Å². The third-order valence-corrected chi connectivity index (χ3v) is 6.03. The van der Waals surface area contributed by atoms with Gasteiger partial charge in [-0.2, -0.15) is 0 Å². The summed E-state index contributed by atoms with van der Waals surface area (Å²) in [5.41, 5.74) is 1.96. The Morgan fingerprint density at radius 2 is 2.00 bits per heavy atom. The van der Waals surface area contributed by atoms with Crippen molar-refractivity contribution in [2.75, 3.05) is 43.4 Å². The molecule has 26 heavy (non-hydrogen) atoms. The van der Waals surface area contributed by atoms with Crippen molar-refractivity contribution in [1.29, 1.82) is 0 Å². The maximum atomic E-state index is 12.8. The van der Waals surface area contributed by atoms with Crippen molar-refractivity contribution in [2.24, 2.45) is 0 Å². The van der Waals surface area contributed by atoms with Gasteiger partial charge in [0.25, 0.3) is 5.91 Å². The molecule has 1 amide bonds. The van der Waals surface area contributed by atoms with Gasteiger partial charge in [-0.3, -0.25) is 4.79 Å². The molecule has 1 fully saturated rings. The highest BCUT2D eigenvalue weighted by atomic mass is 79.9. The first-order chi connectivity index (χ1) is 12.6. The summed E-state index contributed by atoms with van der Waals surface area (Å²) in [6, 6.07) is 7.55. The van der Waals surface area contributed by atoms with Gasteiger partial charge >= 0.3 is 0 Å². The summed E-state index contributed by atoms with van der Waals surface area (Å²) in [5.74, 6) is 0.659. The summed E-state index contributed by atoms with van der Waals surface area (Å²) in [6.45, 7) is 3.83. The van der Waals surface area contributed by atoms with Crippen molar-refractivity contribution < 1.29 is 4.79 Å². The van der Waals surface area contributed by atoms with E-state index in [1.807, 2.05) is 29.6 Å². The molecule has 3 heterocycles. The van der Waals surface area contributed by atoms with Crippen molar-refractivity contribution in [2.45, 2.75) is 0 Å². The van der Waals surface area contributed by atoms with Crippen LogP contribution in [0.2, 0.25) is 0 Å². The molecular formula is C18H18BrN5OS. The maximum absolute atomic E-state index is 12.8. The van der Waals surface area contributed by atoms with Gasteiger partial charge in [-0.1, -0.05) is 12.1 Å². The molecule has 1 aromatic carbocycles. The minimum atomic E-state index is -0.173. The Kier molecular flexibility index (Phi) is 4.88. The highest BCUT2D eigenvalue weighted by Crippen LogP contribution is 2.27. The molecule has 1 N–H and O–H groups in total. The first-order valence-corrected chi connectivity index (χ1v) is 10.0. The second-order valence-electron chi connectivity index (χ2n) is 6.26. The summed E-state index contributed by atoms with van der Waals surface area (Å²) >= 11 is 4.90. The zero-order chi connectivity index (χ0) is 18.1. The molecule has 0 saturated carbocycles. The number of rotatable bonds is 3. The Morgan fingerprint density at radius 1 is 1.23 bits per heavy atom. The van der Waals surface area contributed by atoms with Gasteiger partial charge in [-0.05, 0) is 35.1 Å². The van der Waals surface area contributed by atoms with Crippen LogP contribution in [0.5, 0.6) is 0 Å². The third kappa shape index (κ3) is 3.44. The van der Waals surface area contributed by atoms with Gasteiger partial charge in [-0.25, -0.2) is 9.97 Å². The number of piperazine rings is 1. The highest BCUT2D eigenvalue weighted by Gasteiger charge is 2.19. The number of fused-ring (bicyclic) bond motifs is 1. The summed E-state index contributed by atoms with van der Waals surface area (Å²) in [6.07, 6.45) is 1.81. The summed E-state index contributed by atoms with van der Waals surface area (Å²) in [4.78, 5) is 27.3. The number of carbonyl (C=O) groups excluding carboxylic acids is 1. The van der Waals surface area contributed by atoms with Gasteiger partial charge in [0.05, 0.1) is 17.4 Å². The SMILES string of the molecule is CN1CCN(c2cnc3scc(C(=O)Nc4ccccc4Br)c3n2)CC1. The van der Waals surface area contributed by atoms with Crippen LogP contribution in [0.4, 0.5) is 11.5 Å². The number of carbonyl (C=O) groups is 1. The van der Waals surface area contributed by atoms with Crippen LogP contribution in [-0.2, 0) is 0 Å². The summed E-state index contributed by atoms with van der Waals surface area (Å²) < 4.78 is 0.845. The number of hydrogen-bond acceptors (Lipinski definition) is 6. The van der Waals surface area contributed by atoms with Gasteiger partial charge in [-0.15, -0.1) is 11.3 Å². The van der Waals surface area contributed by atoms with Crippen molar-refractivity contribution in [3.05, 3.63) is 45.9 Å². The smallest absolute Gasteiger partial charge is 0.258 e. The van der Waals surface area contributed by atoms with Crippen LogP contribution < -0.4 is 10.2 Å². The van der Waals surface area contributed by atoms with Gasteiger partial charge in [0.15, 0.2) is 0 Å². The van der Waals surface area contributed by atoms with Crippen molar-refractivity contribution >= 4 is 55.0 Å². The second-order valence-corrected chi connectivity index (χ2v) is 7.97. The molecular weight excluding hydrogens is 414 g/mol. The van der Waals surface area contributed by atoms with E-state index in [0.717, 1.165) is 47.0 Å². The third-order valence-electron chi connectivity index (χ3n) is 4.46. The Hall–Kier alpha value is -2.03. The number of aromatic nitrogens is 2. The summed E-state index contributed by atoms with van der Waals surface area (Å²) in [5, 5.41) is 4.77. The van der Waals surface area contributed by atoms with Crippen molar-refractivity contribution in [3.8, 4) is 0 Å². The Morgan fingerprint density at radius 3 is 2.77 bits per heavy atom. The molecule has 4 rings (SSSR count). The molecule has 0 radical (unpaired) electrons. The summed E-state index contributed by atoms with van der Waals surface area (Å²) in [7, 11) is 2.12. The molecule has 3 aromatic rings.